The Labute approximate surface area is 605 Å². The van der Waals surface area contributed by atoms with Gasteiger partial charge in [-0.1, -0.05) is 120 Å². The highest BCUT2D eigenvalue weighted by Crippen LogP contribution is 2.23. The second-order valence-corrected chi connectivity index (χ2v) is 29.3. The van der Waals surface area contributed by atoms with Gasteiger partial charge in [-0.05, 0) is 107 Å². The summed E-state index contributed by atoms with van der Waals surface area (Å²) in [6.45, 7) is 17.2. The van der Waals surface area contributed by atoms with E-state index in [1.165, 1.54) is 72.0 Å². The van der Waals surface area contributed by atoms with Crippen molar-refractivity contribution in [2.45, 2.75) is 193 Å². The van der Waals surface area contributed by atoms with Gasteiger partial charge in [0, 0.05) is 73.2 Å². The van der Waals surface area contributed by atoms with Crippen molar-refractivity contribution in [3.8, 4) is 5.75 Å². The molecule has 2 aliphatic rings. The van der Waals surface area contributed by atoms with Crippen LogP contribution in [0.3, 0.4) is 0 Å². The van der Waals surface area contributed by atoms with Crippen LogP contribution >= 0.6 is 11.6 Å². The van der Waals surface area contributed by atoms with E-state index in [9.17, 15) is 38.7 Å². The average Bonchev–Trinajstić information content (AvgIpc) is 1.88. The van der Waals surface area contributed by atoms with Crippen molar-refractivity contribution in [3.63, 3.8) is 0 Å². The lowest BCUT2D eigenvalue weighted by Gasteiger charge is -2.38. The quantitative estimate of drug-likeness (QED) is 0.127. The van der Waals surface area contributed by atoms with Crippen LogP contribution in [0.4, 0.5) is 0 Å². The largest absolute Gasteiger partial charge is 0.491 e. The molecule has 0 spiro atoms. The maximum atomic E-state index is 15.5. The summed E-state index contributed by atoms with van der Waals surface area (Å²) in [6.07, 6.45) is -0.291. The number of benzene rings is 3. The number of likely N-dealkylation sites (N-methyl/N-ethyl adjacent to an activating group) is 6. The number of nitrogens with one attached hydrogen (secondary N) is 5. The SMILES string of the molecule is CC(C)C[C@H]1C(=O)N[C@@H](COC(C)(C)C)C(=O)N(C)[C@@H](Cc2ccccc2)C(=O)N(C)[C@@H](C(C)C)C(=O)N[C@H](C(=O)N2CCCCC2)CC(=O)N[C@H](C(C)C)C(=O)N(C)[C@@H](Cc2ccccc2)C(=O)N[C@@H](COc2cccc(Cl)c2)C(=O)N(C)[C@@H](C)C(=O)N[C@@H]([C@@H](C)O)C(=O)N(C)CC(=O)N1C. The molecule has 0 radical (unpaired) electrons. The van der Waals surface area contributed by atoms with Crippen LogP contribution in [0.5, 0.6) is 5.75 Å². The molecule has 28 heteroatoms. The van der Waals surface area contributed by atoms with Crippen LogP contribution in [0.1, 0.15) is 119 Å². The summed E-state index contributed by atoms with van der Waals surface area (Å²) >= 11 is 6.31. The molecule has 3 aromatic carbocycles. The Morgan fingerprint density at radius 1 is 0.559 bits per heavy atom. The zero-order valence-electron chi connectivity index (χ0n) is 62.3. The van der Waals surface area contributed by atoms with Gasteiger partial charge < -0.3 is 75.5 Å². The van der Waals surface area contributed by atoms with Crippen LogP contribution in [0.2, 0.25) is 5.02 Å². The van der Waals surface area contributed by atoms with Gasteiger partial charge in [-0.2, -0.15) is 0 Å². The summed E-state index contributed by atoms with van der Waals surface area (Å²) in [5, 5.41) is 25.1. The molecule has 0 unspecified atom stereocenters. The Balaban J connectivity index is 1.68. The first-order chi connectivity index (χ1) is 47.8. The minimum Gasteiger partial charge on any atom is -0.491 e. The molecule has 0 bridgehead atoms. The van der Waals surface area contributed by atoms with E-state index in [1.807, 2.05) is 13.8 Å². The lowest BCUT2D eigenvalue weighted by Crippen LogP contribution is -2.62. The van der Waals surface area contributed by atoms with Crippen molar-refractivity contribution in [1.29, 1.82) is 0 Å². The number of rotatable bonds is 15. The molecule has 562 valence electrons. The van der Waals surface area contributed by atoms with Crippen LogP contribution in [-0.4, -0.2) is 258 Å². The van der Waals surface area contributed by atoms with Gasteiger partial charge in [-0.3, -0.25) is 57.5 Å². The Hall–Kier alpha value is -8.69. The maximum Gasteiger partial charge on any atom is 0.249 e. The van der Waals surface area contributed by atoms with Crippen LogP contribution in [0, 0.1) is 17.8 Å². The number of halogens is 1. The van der Waals surface area contributed by atoms with Crippen molar-refractivity contribution in [2.75, 3.05) is 75.1 Å². The average molecular weight is 1440 g/mol. The van der Waals surface area contributed by atoms with Gasteiger partial charge in [0.25, 0.3) is 0 Å². The Kier molecular flexibility index (Phi) is 31.7. The molecule has 12 amide bonds. The monoisotopic (exact) mass is 1440 g/mol. The van der Waals surface area contributed by atoms with Gasteiger partial charge in [0.05, 0.1) is 31.3 Å². The highest BCUT2D eigenvalue weighted by Gasteiger charge is 2.44. The number of nitrogens with zero attached hydrogens (tertiary/aromatic N) is 7. The molecule has 2 heterocycles. The number of aliphatic hydroxyl groups is 1. The van der Waals surface area contributed by atoms with Gasteiger partial charge in [0.2, 0.25) is 70.9 Å². The van der Waals surface area contributed by atoms with E-state index in [-0.39, 0.29) is 36.0 Å². The standard InChI is InChI=1S/C74H109ClN12O15/c1-44(2)36-56-65(92)78-55(43-102-74(9,10)11)69(96)85(16)58(38-50-30-23-19-24-31-50)71(98)86(17)63(46(5)6)67(94)76-53(70(97)87-34-25-20-26-35-87)40-59(89)79-61(45(3)4)73(100)84(15)57(37-49-28-21-18-22-29-49)66(93)77-54(42-101-52-33-27-32-51(75)39-52)68(95)82(13)47(7)64(91)80-62(48(8)88)72(99)81(12)41-60(90)83(56)14/h18-19,21-24,27-33,39,44-48,53-58,61-63,88H,20,25-26,34-38,40-43H2,1-17H3,(H,76,94)(H,77,93)(H,78,92)(H,79,89)(H,80,91)/t47-,48+,53-,54-,55-,56-,57-,58-,61+,62-,63-/m0/s1. The lowest BCUT2D eigenvalue weighted by atomic mass is 9.97. The molecule has 0 saturated carbocycles. The summed E-state index contributed by atoms with van der Waals surface area (Å²) in [7, 11) is 8.03. The molecular weight excluding hydrogens is 1330 g/mol. The van der Waals surface area contributed by atoms with Crippen LogP contribution in [0.25, 0.3) is 0 Å². The smallest absolute Gasteiger partial charge is 0.249 e. The van der Waals surface area contributed by atoms with E-state index in [0.29, 0.717) is 37.1 Å². The van der Waals surface area contributed by atoms with E-state index >= 15 is 24.0 Å². The molecule has 2 fully saturated rings. The Morgan fingerprint density at radius 3 is 1.63 bits per heavy atom. The number of hydrogen-bond donors (Lipinski definition) is 6. The van der Waals surface area contributed by atoms with Crippen molar-refractivity contribution in [1.82, 2.24) is 60.9 Å². The van der Waals surface area contributed by atoms with Gasteiger partial charge in [-0.15, -0.1) is 0 Å². The summed E-state index contributed by atoms with van der Waals surface area (Å²) in [5.41, 5.74) is 0.343. The van der Waals surface area contributed by atoms with Crippen LogP contribution in [-0.2, 0) is 75.1 Å². The van der Waals surface area contributed by atoms with Crippen molar-refractivity contribution < 1.29 is 72.1 Å². The number of aliphatic hydroxyl groups excluding tert-OH is 1. The fourth-order valence-electron chi connectivity index (χ4n) is 12.2. The van der Waals surface area contributed by atoms with Crippen LogP contribution < -0.4 is 31.3 Å². The molecule has 3 aromatic rings. The van der Waals surface area contributed by atoms with E-state index in [0.717, 1.165) is 26.0 Å². The number of carbonyl (C=O) groups is 12. The predicted molar refractivity (Wildman–Crippen MR) is 385 cm³/mol. The number of hydrogen-bond acceptors (Lipinski definition) is 15. The third kappa shape index (κ3) is 24.0. The van der Waals surface area contributed by atoms with Crippen LogP contribution in [0.15, 0.2) is 84.9 Å². The molecular formula is C74H109ClN12O15. The minimum atomic E-state index is -1.71. The first-order valence-corrected chi connectivity index (χ1v) is 35.4. The van der Waals surface area contributed by atoms with Crippen molar-refractivity contribution in [3.05, 3.63) is 101 Å². The molecule has 27 nitrogen and oxygen atoms in total. The fraction of sp³-hybridized carbons (Fsp3) is 0.595. The summed E-state index contributed by atoms with van der Waals surface area (Å²) in [5.74, 6) is -11.0. The number of carbonyl (C=O) groups excluding carboxylic acids is 12. The van der Waals surface area contributed by atoms with Gasteiger partial charge >= 0.3 is 0 Å². The second-order valence-electron chi connectivity index (χ2n) is 28.9. The summed E-state index contributed by atoms with van der Waals surface area (Å²) in [4.78, 5) is 187. The van der Waals surface area contributed by atoms with Crippen molar-refractivity contribution >= 4 is 82.5 Å². The summed E-state index contributed by atoms with van der Waals surface area (Å²) < 4.78 is 12.2. The molecule has 2 aliphatic heterocycles. The first-order valence-electron chi connectivity index (χ1n) is 35.0. The highest BCUT2D eigenvalue weighted by atomic mass is 35.5. The summed E-state index contributed by atoms with van der Waals surface area (Å²) in [6, 6.07) is 9.17. The van der Waals surface area contributed by atoms with E-state index in [4.69, 9.17) is 21.1 Å². The number of piperidine rings is 1. The number of ether oxygens (including phenoxy) is 2. The second kappa shape index (κ2) is 38.5. The van der Waals surface area contributed by atoms with E-state index in [1.54, 1.807) is 132 Å². The van der Waals surface area contributed by atoms with Gasteiger partial charge in [-0.25, -0.2) is 0 Å². The molecule has 6 N–H and O–H groups in total. The van der Waals surface area contributed by atoms with E-state index < -0.39 is 181 Å². The molecule has 0 aliphatic carbocycles. The van der Waals surface area contributed by atoms with Crippen molar-refractivity contribution in [2.24, 2.45) is 17.8 Å². The third-order valence-corrected chi connectivity index (χ3v) is 18.7. The van der Waals surface area contributed by atoms with Gasteiger partial charge in [0.1, 0.15) is 72.8 Å². The molecule has 2 saturated heterocycles. The minimum absolute atomic E-state index is 0.0492. The van der Waals surface area contributed by atoms with E-state index in [2.05, 4.69) is 26.6 Å². The Morgan fingerprint density at radius 2 is 1.10 bits per heavy atom. The molecule has 5 rings (SSSR count). The molecule has 102 heavy (non-hydrogen) atoms. The first kappa shape index (κ1) is 84.0. The lowest BCUT2D eigenvalue weighted by molar-refractivity contribution is -0.152. The highest BCUT2D eigenvalue weighted by molar-refractivity contribution is 6.30. The fourth-order valence-corrected chi connectivity index (χ4v) is 12.4. The normalized spacial score (nSPS) is 24.7. The molecule has 11 atom stereocenters. The zero-order valence-corrected chi connectivity index (χ0v) is 63.1. The third-order valence-electron chi connectivity index (χ3n) is 18.4. The maximum absolute atomic E-state index is 15.5. The van der Waals surface area contributed by atoms with Gasteiger partial charge in [0.15, 0.2) is 0 Å². The topological polar surface area (TPSA) is 326 Å². The predicted octanol–water partition coefficient (Wildman–Crippen LogP) is 3.21. The zero-order chi connectivity index (χ0) is 76.2. The number of likely N-dealkylation sites (tertiary alicyclic amines) is 1. The Bertz CT molecular complexity index is 3380. The number of amides is 12. The molecule has 0 aromatic heterocycles.